The Morgan fingerprint density at radius 2 is 1.81 bits per heavy atom. The van der Waals surface area contributed by atoms with Crippen molar-refractivity contribution in [3.05, 3.63) is 23.8 Å². The Kier molecular flexibility index (Phi) is 5.87. The number of hydrogen-bond acceptors (Lipinski definition) is 4. The number of hydrogen-bond donors (Lipinski definition) is 0. The lowest BCUT2D eigenvalue weighted by molar-refractivity contribution is 0.0697. The molecule has 2 heterocycles. The monoisotopic (exact) mass is 380 g/mol. The molecule has 0 aliphatic carbocycles. The number of amides is 1. The molecule has 26 heavy (non-hydrogen) atoms. The minimum absolute atomic E-state index is 0.0992. The first-order chi connectivity index (χ1) is 12.4. The number of sulfonamides is 1. The van der Waals surface area contributed by atoms with E-state index in [0.29, 0.717) is 36.9 Å². The summed E-state index contributed by atoms with van der Waals surface area (Å²) in [5, 5.41) is 0. The van der Waals surface area contributed by atoms with Crippen LogP contribution in [0, 0.1) is 5.92 Å². The molecule has 2 fully saturated rings. The Bertz CT molecular complexity index is 749. The van der Waals surface area contributed by atoms with Gasteiger partial charge in [-0.3, -0.25) is 4.79 Å². The Morgan fingerprint density at radius 3 is 2.42 bits per heavy atom. The highest BCUT2D eigenvalue weighted by Crippen LogP contribution is 2.31. The van der Waals surface area contributed by atoms with E-state index in [9.17, 15) is 13.2 Å². The molecule has 0 saturated carbocycles. The molecule has 0 aromatic heterocycles. The maximum atomic E-state index is 13.0. The molecular formula is C19H28N2O4S. The van der Waals surface area contributed by atoms with E-state index in [1.165, 1.54) is 10.4 Å². The van der Waals surface area contributed by atoms with E-state index in [4.69, 9.17) is 4.74 Å². The summed E-state index contributed by atoms with van der Waals surface area (Å²) in [6, 6.07) is 4.79. The number of likely N-dealkylation sites (tertiary alicyclic amines) is 1. The van der Waals surface area contributed by atoms with Crippen LogP contribution in [0.5, 0.6) is 5.75 Å². The lowest BCUT2D eigenvalue weighted by Gasteiger charge is -2.30. The van der Waals surface area contributed by atoms with Gasteiger partial charge in [-0.1, -0.05) is 6.92 Å². The van der Waals surface area contributed by atoms with Gasteiger partial charge in [0.05, 0.1) is 6.61 Å². The van der Waals surface area contributed by atoms with Crippen molar-refractivity contribution in [2.45, 2.75) is 44.4 Å². The topological polar surface area (TPSA) is 66.9 Å². The Hall–Kier alpha value is -1.60. The number of carbonyl (C=O) groups is 1. The van der Waals surface area contributed by atoms with Crippen molar-refractivity contribution in [2.24, 2.45) is 5.92 Å². The number of benzene rings is 1. The fourth-order valence-electron chi connectivity index (χ4n) is 3.58. The van der Waals surface area contributed by atoms with Crippen LogP contribution in [0.15, 0.2) is 23.1 Å². The first-order valence-electron chi connectivity index (χ1n) is 9.49. The van der Waals surface area contributed by atoms with Gasteiger partial charge in [0.2, 0.25) is 10.0 Å². The molecule has 2 saturated heterocycles. The van der Waals surface area contributed by atoms with Gasteiger partial charge in [0, 0.05) is 31.7 Å². The van der Waals surface area contributed by atoms with Crippen LogP contribution in [0.25, 0.3) is 0 Å². The predicted molar refractivity (Wildman–Crippen MR) is 99.9 cm³/mol. The fraction of sp³-hybridized carbons (Fsp3) is 0.632. The number of rotatable bonds is 5. The first-order valence-corrected chi connectivity index (χ1v) is 10.9. The maximum Gasteiger partial charge on any atom is 0.253 e. The van der Waals surface area contributed by atoms with Crippen LogP contribution in [-0.2, 0) is 10.0 Å². The second kappa shape index (κ2) is 7.96. The molecule has 1 aromatic carbocycles. The number of nitrogens with zero attached hydrogens (tertiary/aromatic N) is 2. The summed E-state index contributed by atoms with van der Waals surface area (Å²) in [7, 11) is -3.65. The van der Waals surface area contributed by atoms with Crippen molar-refractivity contribution in [1.29, 1.82) is 0 Å². The third-order valence-corrected chi connectivity index (χ3v) is 7.16. The molecule has 6 nitrogen and oxygen atoms in total. The molecule has 144 valence electrons. The Balaban J connectivity index is 1.92. The standard InChI is InChI=1S/C19H28N2O4S/c1-3-25-17-7-6-16(19(22)20-12-8-15(2)9-13-20)14-18(17)26(23,24)21-10-4-5-11-21/h6-7,14-15H,3-5,8-13H2,1-2H3. The van der Waals surface area contributed by atoms with Crippen molar-refractivity contribution in [3.63, 3.8) is 0 Å². The van der Waals surface area contributed by atoms with Gasteiger partial charge in [0.1, 0.15) is 10.6 Å². The van der Waals surface area contributed by atoms with Crippen LogP contribution in [0.2, 0.25) is 0 Å². The highest BCUT2D eigenvalue weighted by molar-refractivity contribution is 7.89. The molecule has 0 bridgehead atoms. The van der Waals surface area contributed by atoms with Crippen LogP contribution in [0.3, 0.4) is 0 Å². The summed E-state index contributed by atoms with van der Waals surface area (Å²) in [6.07, 6.45) is 3.71. The lowest BCUT2D eigenvalue weighted by atomic mass is 9.98. The molecule has 3 rings (SSSR count). The van der Waals surface area contributed by atoms with E-state index in [0.717, 1.165) is 38.8 Å². The molecule has 0 N–H and O–H groups in total. The molecule has 0 spiro atoms. The summed E-state index contributed by atoms with van der Waals surface area (Å²) in [5.41, 5.74) is 0.417. The van der Waals surface area contributed by atoms with Crippen molar-refractivity contribution in [2.75, 3.05) is 32.8 Å². The van der Waals surface area contributed by atoms with Crippen molar-refractivity contribution in [1.82, 2.24) is 9.21 Å². The zero-order valence-electron chi connectivity index (χ0n) is 15.6. The van der Waals surface area contributed by atoms with E-state index in [-0.39, 0.29) is 10.8 Å². The first kappa shape index (κ1) is 19.2. The number of carbonyl (C=O) groups excluding carboxylic acids is 1. The maximum absolute atomic E-state index is 13.0. The van der Waals surface area contributed by atoms with Crippen LogP contribution in [0.4, 0.5) is 0 Å². The van der Waals surface area contributed by atoms with Gasteiger partial charge in [0.15, 0.2) is 0 Å². The lowest BCUT2D eigenvalue weighted by Crippen LogP contribution is -2.38. The minimum atomic E-state index is -3.65. The smallest absolute Gasteiger partial charge is 0.253 e. The van der Waals surface area contributed by atoms with Gasteiger partial charge in [0.25, 0.3) is 5.91 Å². The van der Waals surface area contributed by atoms with Gasteiger partial charge < -0.3 is 9.64 Å². The number of ether oxygens (including phenoxy) is 1. The summed E-state index contributed by atoms with van der Waals surface area (Å²) < 4.78 is 33.1. The largest absolute Gasteiger partial charge is 0.492 e. The molecule has 1 amide bonds. The van der Waals surface area contributed by atoms with Crippen LogP contribution >= 0.6 is 0 Å². The van der Waals surface area contributed by atoms with Crippen LogP contribution in [-0.4, -0.2) is 56.3 Å². The second-order valence-corrected chi connectivity index (χ2v) is 9.09. The van der Waals surface area contributed by atoms with Gasteiger partial charge in [-0.05, 0) is 56.7 Å². The Morgan fingerprint density at radius 1 is 1.15 bits per heavy atom. The molecule has 0 radical (unpaired) electrons. The highest BCUT2D eigenvalue weighted by atomic mass is 32.2. The van der Waals surface area contributed by atoms with Gasteiger partial charge in [-0.15, -0.1) is 0 Å². The van der Waals surface area contributed by atoms with E-state index < -0.39 is 10.0 Å². The number of piperidine rings is 1. The van der Waals surface area contributed by atoms with Gasteiger partial charge in [-0.25, -0.2) is 8.42 Å². The van der Waals surface area contributed by atoms with Crippen molar-refractivity contribution < 1.29 is 17.9 Å². The average molecular weight is 381 g/mol. The molecule has 0 unspecified atom stereocenters. The molecule has 0 atom stereocenters. The van der Waals surface area contributed by atoms with Gasteiger partial charge >= 0.3 is 0 Å². The van der Waals surface area contributed by atoms with Crippen LogP contribution < -0.4 is 4.74 Å². The quantitative estimate of drug-likeness (QED) is 0.788. The van der Waals surface area contributed by atoms with Gasteiger partial charge in [-0.2, -0.15) is 4.31 Å². The summed E-state index contributed by atoms with van der Waals surface area (Å²) in [5.74, 6) is 0.853. The predicted octanol–water partition coefficient (Wildman–Crippen LogP) is 2.74. The third-order valence-electron chi connectivity index (χ3n) is 5.24. The van der Waals surface area contributed by atoms with E-state index in [1.807, 2.05) is 11.8 Å². The fourth-order valence-corrected chi connectivity index (χ4v) is 5.25. The molecule has 2 aliphatic heterocycles. The minimum Gasteiger partial charge on any atom is -0.492 e. The molecule has 7 heteroatoms. The molecule has 2 aliphatic rings. The highest BCUT2D eigenvalue weighted by Gasteiger charge is 2.31. The van der Waals surface area contributed by atoms with Crippen molar-refractivity contribution >= 4 is 15.9 Å². The average Bonchev–Trinajstić information content (AvgIpc) is 3.18. The van der Waals surface area contributed by atoms with E-state index in [2.05, 4.69) is 6.92 Å². The van der Waals surface area contributed by atoms with E-state index in [1.54, 1.807) is 12.1 Å². The summed E-state index contributed by atoms with van der Waals surface area (Å²) in [6.45, 7) is 6.88. The molecular weight excluding hydrogens is 352 g/mol. The van der Waals surface area contributed by atoms with E-state index >= 15 is 0 Å². The van der Waals surface area contributed by atoms with Crippen molar-refractivity contribution in [3.8, 4) is 5.75 Å². The summed E-state index contributed by atoms with van der Waals surface area (Å²) >= 11 is 0. The SMILES string of the molecule is CCOc1ccc(C(=O)N2CCC(C)CC2)cc1S(=O)(=O)N1CCCC1. The third kappa shape index (κ3) is 3.88. The normalized spacial score (nSPS) is 19.7. The zero-order chi connectivity index (χ0) is 18.7. The van der Waals surface area contributed by atoms with Crippen LogP contribution in [0.1, 0.15) is 49.9 Å². The Labute approximate surface area is 156 Å². The second-order valence-electron chi connectivity index (χ2n) is 7.18. The summed E-state index contributed by atoms with van der Waals surface area (Å²) in [4.78, 5) is 14.8. The zero-order valence-corrected chi connectivity index (χ0v) is 16.4. The molecule has 1 aromatic rings.